The molecule has 8 heteroatoms. The molecular weight excluding hydrogens is 322 g/mol. The first-order chi connectivity index (χ1) is 11.0. The molecule has 1 aliphatic heterocycles. The lowest BCUT2D eigenvalue weighted by atomic mass is 9.98. The molecule has 1 aromatic carbocycles. The zero-order valence-corrected chi connectivity index (χ0v) is 12.8. The number of nitrogens with zero attached hydrogens (tertiary/aromatic N) is 2. The summed E-state index contributed by atoms with van der Waals surface area (Å²) in [6.45, 7) is 0.260. The van der Waals surface area contributed by atoms with E-state index in [0.29, 0.717) is 11.6 Å². The molecule has 0 saturated carbocycles. The maximum atomic E-state index is 12.3. The standard InChI is InChI=1S/C15H14ClN3O4/c16-11-1-3-12(4-2-11)19-8-10(7-17-19)13(20)18-15(14(21)22)5-6-23-9-15/h1-4,7-8H,5-6,9H2,(H,18,20)(H,21,22). The third-order valence-corrected chi connectivity index (χ3v) is 3.97. The molecule has 3 rings (SSSR count). The smallest absolute Gasteiger partial charge is 0.331 e. The summed E-state index contributed by atoms with van der Waals surface area (Å²) in [5, 5.41) is 16.6. The second-order valence-electron chi connectivity index (χ2n) is 5.29. The van der Waals surface area contributed by atoms with Crippen LogP contribution in [0.1, 0.15) is 16.8 Å². The Balaban J connectivity index is 1.78. The van der Waals surface area contributed by atoms with Crippen molar-refractivity contribution in [3.05, 3.63) is 47.2 Å². The van der Waals surface area contributed by atoms with Gasteiger partial charge in [0, 0.05) is 24.2 Å². The SMILES string of the molecule is O=C(NC1(C(=O)O)CCOC1)c1cnn(-c2ccc(Cl)cc2)c1. The van der Waals surface area contributed by atoms with Crippen LogP contribution in [-0.4, -0.2) is 45.5 Å². The lowest BCUT2D eigenvalue weighted by molar-refractivity contribution is -0.144. The van der Waals surface area contributed by atoms with Gasteiger partial charge in [-0.15, -0.1) is 0 Å². The molecule has 1 saturated heterocycles. The number of amides is 1. The van der Waals surface area contributed by atoms with E-state index in [1.807, 2.05) is 0 Å². The van der Waals surface area contributed by atoms with Gasteiger partial charge in [0.1, 0.15) is 0 Å². The number of aromatic nitrogens is 2. The Morgan fingerprint density at radius 1 is 1.35 bits per heavy atom. The molecule has 0 bridgehead atoms. The second-order valence-corrected chi connectivity index (χ2v) is 5.73. The van der Waals surface area contributed by atoms with Crippen LogP contribution in [0.3, 0.4) is 0 Å². The summed E-state index contributed by atoms with van der Waals surface area (Å²) < 4.78 is 6.63. The normalized spacial score (nSPS) is 20.4. The topological polar surface area (TPSA) is 93.5 Å². The van der Waals surface area contributed by atoms with E-state index in [9.17, 15) is 14.7 Å². The van der Waals surface area contributed by atoms with E-state index in [0.717, 1.165) is 5.69 Å². The zero-order chi connectivity index (χ0) is 16.4. The maximum Gasteiger partial charge on any atom is 0.331 e. The van der Waals surface area contributed by atoms with E-state index < -0.39 is 17.4 Å². The van der Waals surface area contributed by atoms with Crippen molar-refractivity contribution in [1.29, 1.82) is 0 Å². The fourth-order valence-corrected chi connectivity index (χ4v) is 2.48. The number of carboxylic acids is 1. The van der Waals surface area contributed by atoms with Crippen molar-refractivity contribution in [3.63, 3.8) is 0 Å². The van der Waals surface area contributed by atoms with Crippen molar-refractivity contribution in [1.82, 2.24) is 15.1 Å². The monoisotopic (exact) mass is 335 g/mol. The molecule has 0 spiro atoms. The summed E-state index contributed by atoms with van der Waals surface area (Å²) in [7, 11) is 0. The first-order valence-electron chi connectivity index (χ1n) is 6.94. The summed E-state index contributed by atoms with van der Waals surface area (Å²) in [5.74, 6) is -1.61. The summed E-state index contributed by atoms with van der Waals surface area (Å²) in [4.78, 5) is 23.7. The zero-order valence-electron chi connectivity index (χ0n) is 12.0. The molecule has 1 amide bonds. The number of carboxylic acid groups (broad SMARTS) is 1. The predicted octanol–water partition coefficient (Wildman–Crippen LogP) is 1.50. The fraction of sp³-hybridized carbons (Fsp3) is 0.267. The Labute approximate surface area is 136 Å². The number of aliphatic carboxylic acids is 1. The van der Waals surface area contributed by atoms with Crippen LogP contribution in [0.4, 0.5) is 0 Å². The summed E-state index contributed by atoms with van der Waals surface area (Å²) in [6, 6.07) is 6.96. The Bertz CT molecular complexity index is 735. The van der Waals surface area contributed by atoms with Gasteiger partial charge < -0.3 is 15.2 Å². The van der Waals surface area contributed by atoms with Gasteiger partial charge in [-0.2, -0.15) is 5.10 Å². The second kappa shape index (κ2) is 6.02. The minimum atomic E-state index is -1.38. The minimum Gasteiger partial charge on any atom is -0.479 e. The molecule has 7 nitrogen and oxygen atoms in total. The number of carbonyl (C=O) groups is 2. The highest BCUT2D eigenvalue weighted by Crippen LogP contribution is 2.20. The third-order valence-electron chi connectivity index (χ3n) is 3.72. The van der Waals surface area contributed by atoms with Crippen LogP contribution in [0.5, 0.6) is 0 Å². The van der Waals surface area contributed by atoms with Gasteiger partial charge in [-0.3, -0.25) is 4.79 Å². The van der Waals surface area contributed by atoms with Crippen molar-refractivity contribution in [2.24, 2.45) is 0 Å². The Kier molecular flexibility index (Phi) is 4.06. The van der Waals surface area contributed by atoms with Gasteiger partial charge in [0.15, 0.2) is 5.54 Å². The summed E-state index contributed by atoms with van der Waals surface area (Å²) in [6.07, 6.45) is 3.15. The number of rotatable bonds is 4. The molecule has 1 aliphatic rings. The van der Waals surface area contributed by atoms with Gasteiger partial charge >= 0.3 is 5.97 Å². The number of carbonyl (C=O) groups excluding carboxylic acids is 1. The van der Waals surface area contributed by atoms with Gasteiger partial charge in [0.2, 0.25) is 0 Å². The van der Waals surface area contributed by atoms with Crippen LogP contribution in [0, 0.1) is 0 Å². The van der Waals surface area contributed by atoms with Gasteiger partial charge in [-0.05, 0) is 24.3 Å². The number of benzene rings is 1. The van der Waals surface area contributed by atoms with E-state index in [2.05, 4.69) is 10.4 Å². The number of ether oxygens (including phenoxy) is 1. The molecule has 1 fully saturated rings. The lowest BCUT2D eigenvalue weighted by Gasteiger charge is -2.23. The Hall–Kier alpha value is -2.38. The minimum absolute atomic E-state index is 0.0423. The van der Waals surface area contributed by atoms with E-state index in [1.165, 1.54) is 17.1 Å². The molecule has 2 aromatic rings. The maximum absolute atomic E-state index is 12.3. The van der Waals surface area contributed by atoms with Crippen LogP contribution in [0.15, 0.2) is 36.7 Å². The van der Waals surface area contributed by atoms with Gasteiger partial charge in [-0.25, -0.2) is 9.48 Å². The van der Waals surface area contributed by atoms with Crippen molar-refractivity contribution in [3.8, 4) is 5.69 Å². The summed E-state index contributed by atoms with van der Waals surface area (Å²) in [5.41, 5.74) is -0.363. The van der Waals surface area contributed by atoms with Gasteiger partial charge in [0.25, 0.3) is 5.91 Å². The third kappa shape index (κ3) is 3.06. The molecule has 120 valence electrons. The number of hydrogen-bond donors (Lipinski definition) is 2. The van der Waals surface area contributed by atoms with Crippen molar-refractivity contribution in [2.75, 3.05) is 13.2 Å². The lowest BCUT2D eigenvalue weighted by Crippen LogP contribution is -2.55. The molecule has 0 radical (unpaired) electrons. The molecule has 1 unspecified atom stereocenters. The van der Waals surface area contributed by atoms with Crippen LogP contribution >= 0.6 is 11.6 Å². The van der Waals surface area contributed by atoms with Crippen molar-refractivity contribution in [2.45, 2.75) is 12.0 Å². The van der Waals surface area contributed by atoms with Crippen LogP contribution in [0.25, 0.3) is 5.69 Å². The van der Waals surface area contributed by atoms with Gasteiger partial charge in [0.05, 0.1) is 24.1 Å². The molecule has 2 N–H and O–H groups in total. The highest BCUT2D eigenvalue weighted by molar-refractivity contribution is 6.30. The predicted molar refractivity (Wildman–Crippen MR) is 81.8 cm³/mol. The average Bonchev–Trinajstić information content (AvgIpc) is 3.17. The molecule has 1 aromatic heterocycles. The molecule has 23 heavy (non-hydrogen) atoms. The van der Waals surface area contributed by atoms with Crippen LogP contribution in [0.2, 0.25) is 5.02 Å². The highest BCUT2D eigenvalue weighted by Gasteiger charge is 2.44. The first-order valence-corrected chi connectivity index (χ1v) is 7.32. The van der Waals surface area contributed by atoms with Crippen LogP contribution in [-0.2, 0) is 9.53 Å². The number of halogens is 1. The van der Waals surface area contributed by atoms with E-state index >= 15 is 0 Å². The average molecular weight is 336 g/mol. The number of nitrogens with one attached hydrogen (secondary N) is 1. The Morgan fingerprint density at radius 2 is 2.09 bits per heavy atom. The van der Waals surface area contributed by atoms with Crippen LogP contribution < -0.4 is 5.32 Å². The highest BCUT2D eigenvalue weighted by atomic mass is 35.5. The fourth-order valence-electron chi connectivity index (χ4n) is 2.35. The number of hydrogen-bond acceptors (Lipinski definition) is 4. The van der Waals surface area contributed by atoms with E-state index in [4.69, 9.17) is 16.3 Å². The largest absolute Gasteiger partial charge is 0.479 e. The van der Waals surface area contributed by atoms with E-state index in [1.54, 1.807) is 24.3 Å². The van der Waals surface area contributed by atoms with Crippen molar-refractivity contribution >= 4 is 23.5 Å². The summed E-state index contributed by atoms with van der Waals surface area (Å²) >= 11 is 5.83. The van der Waals surface area contributed by atoms with Gasteiger partial charge in [-0.1, -0.05) is 11.6 Å². The Morgan fingerprint density at radius 3 is 2.70 bits per heavy atom. The molecule has 0 aliphatic carbocycles. The quantitative estimate of drug-likeness (QED) is 0.883. The molecule has 2 heterocycles. The molecular formula is C15H14ClN3O4. The molecule has 1 atom stereocenters. The first kappa shape index (κ1) is 15.5. The van der Waals surface area contributed by atoms with Crippen molar-refractivity contribution < 1.29 is 19.4 Å². The van der Waals surface area contributed by atoms with E-state index in [-0.39, 0.29) is 18.6 Å².